The highest BCUT2D eigenvalue weighted by molar-refractivity contribution is 7.17. The monoisotopic (exact) mass is 440 g/mol. The number of hydrogen-bond donors (Lipinski definition) is 4. The maximum atomic E-state index is 11.3. The Morgan fingerprint density at radius 3 is 2.39 bits per heavy atom. The van der Waals surface area contributed by atoms with Crippen molar-refractivity contribution >= 4 is 40.2 Å². The molecule has 0 bridgehead atoms. The minimum Gasteiger partial charge on any atom is -0.478 e. The first-order chi connectivity index (χ1) is 14.9. The lowest BCUT2D eigenvalue weighted by Crippen LogP contribution is -2.44. The van der Waals surface area contributed by atoms with E-state index in [4.69, 9.17) is 5.11 Å². The van der Waals surface area contributed by atoms with Gasteiger partial charge in [-0.3, -0.25) is 5.32 Å². The Bertz CT molecular complexity index is 1130. The lowest BCUT2D eigenvalue weighted by molar-refractivity contribution is 0.0688. The molecular weight excluding hydrogens is 420 g/mol. The van der Waals surface area contributed by atoms with Gasteiger partial charge in [-0.15, -0.1) is 0 Å². The Hall–Kier alpha value is -3.57. The second kappa shape index (κ2) is 8.66. The molecule has 1 aliphatic heterocycles. The lowest BCUT2D eigenvalue weighted by atomic mass is 10.1. The second-order valence-corrected chi connectivity index (χ2v) is 7.92. The third kappa shape index (κ3) is 4.62. The average Bonchev–Trinajstić information content (AvgIpc) is 3.14. The minimum absolute atomic E-state index is 0.158. The van der Waals surface area contributed by atoms with Crippen LogP contribution < -0.4 is 15.5 Å². The highest BCUT2D eigenvalue weighted by Crippen LogP contribution is 2.28. The van der Waals surface area contributed by atoms with Gasteiger partial charge in [0.1, 0.15) is 10.7 Å². The molecule has 0 unspecified atom stereocenters. The van der Waals surface area contributed by atoms with Gasteiger partial charge in [0, 0.05) is 37.8 Å². The predicted octanol–water partition coefficient (Wildman–Crippen LogP) is 2.46. The molecule has 160 valence electrons. The lowest BCUT2D eigenvalue weighted by Gasteiger charge is -2.28. The van der Waals surface area contributed by atoms with Crippen molar-refractivity contribution in [2.24, 2.45) is 0 Å². The molecule has 4 rings (SSSR count). The summed E-state index contributed by atoms with van der Waals surface area (Å²) in [7, 11) is 0. The Morgan fingerprint density at radius 2 is 1.77 bits per heavy atom. The summed E-state index contributed by atoms with van der Waals surface area (Å²) in [4.78, 5) is 38.2. The van der Waals surface area contributed by atoms with Crippen molar-refractivity contribution in [1.29, 1.82) is 0 Å². The number of thiazole rings is 1. The molecular formula is C20H20N6O4S. The van der Waals surface area contributed by atoms with E-state index in [-0.39, 0.29) is 10.4 Å². The second-order valence-electron chi connectivity index (χ2n) is 6.92. The number of aromatic nitrogens is 3. The van der Waals surface area contributed by atoms with Crippen molar-refractivity contribution in [1.82, 2.24) is 20.3 Å². The number of aromatic carboxylic acids is 2. The predicted molar refractivity (Wildman–Crippen MR) is 117 cm³/mol. The van der Waals surface area contributed by atoms with E-state index in [1.54, 1.807) is 19.1 Å². The van der Waals surface area contributed by atoms with Crippen molar-refractivity contribution in [3.05, 3.63) is 46.5 Å². The summed E-state index contributed by atoms with van der Waals surface area (Å²) in [5.74, 6) is -1.01. The van der Waals surface area contributed by atoms with Crippen LogP contribution in [0.4, 0.5) is 16.9 Å². The number of carbonyl (C=O) groups is 2. The van der Waals surface area contributed by atoms with Crippen LogP contribution in [0.15, 0.2) is 30.3 Å². The van der Waals surface area contributed by atoms with E-state index in [9.17, 15) is 14.7 Å². The third-order valence-electron chi connectivity index (χ3n) is 4.79. The fourth-order valence-electron chi connectivity index (χ4n) is 3.22. The number of anilines is 3. The fourth-order valence-corrected chi connectivity index (χ4v) is 4.02. The normalized spacial score (nSPS) is 13.8. The van der Waals surface area contributed by atoms with Gasteiger partial charge in [0.2, 0.25) is 5.95 Å². The number of carboxylic acid groups (broad SMARTS) is 2. The number of piperazine rings is 1. The van der Waals surface area contributed by atoms with Gasteiger partial charge < -0.3 is 20.4 Å². The summed E-state index contributed by atoms with van der Waals surface area (Å²) in [6, 6.07) is 8.32. The summed E-state index contributed by atoms with van der Waals surface area (Å²) in [5.41, 5.74) is 1.98. The zero-order valence-electron chi connectivity index (χ0n) is 16.6. The summed E-state index contributed by atoms with van der Waals surface area (Å²) in [5, 5.41) is 25.1. The Balaban J connectivity index is 1.71. The van der Waals surface area contributed by atoms with Crippen LogP contribution in [0, 0.1) is 6.92 Å². The number of hydrogen-bond acceptors (Lipinski definition) is 9. The zero-order valence-corrected chi connectivity index (χ0v) is 17.4. The van der Waals surface area contributed by atoms with Gasteiger partial charge >= 0.3 is 11.9 Å². The molecule has 11 heteroatoms. The van der Waals surface area contributed by atoms with Gasteiger partial charge in [0.15, 0.2) is 5.13 Å². The molecule has 2 aromatic heterocycles. The Kier molecular flexibility index (Phi) is 5.78. The first kappa shape index (κ1) is 20.7. The molecule has 0 saturated carbocycles. The summed E-state index contributed by atoms with van der Waals surface area (Å²) in [6.07, 6.45) is 0. The highest BCUT2D eigenvalue weighted by atomic mass is 32.1. The van der Waals surface area contributed by atoms with E-state index in [1.807, 2.05) is 6.07 Å². The SMILES string of the molecule is Cc1nc(Nc2nc(-c3ccc(C(=O)O)cc3)cc(N3CCNCC3)n2)sc1C(=O)O. The van der Waals surface area contributed by atoms with Crippen molar-refractivity contribution < 1.29 is 19.8 Å². The first-order valence-electron chi connectivity index (χ1n) is 9.57. The molecule has 1 fully saturated rings. The molecule has 4 N–H and O–H groups in total. The van der Waals surface area contributed by atoms with Gasteiger partial charge in [-0.1, -0.05) is 23.5 Å². The fraction of sp³-hybridized carbons (Fsp3) is 0.250. The van der Waals surface area contributed by atoms with Crippen molar-refractivity contribution in [3.8, 4) is 11.3 Å². The van der Waals surface area contributed by atoms with E-state index in [0.717, 1.165) is 48.9 Å². The van der Waals surface area contributed by atoms with Crippen LogP contribution >= 0.6 is 11.3 Å². The number of nitrogens with one attached hydrogen (secondary N) is 2. The van der Waals surface area contributed by atoms with E-state index in [1.165, 1.54) is 12.1 Å². The van der Waals surface area contributed by atoms with E-state index in [2.05, 4.69) is 30.5 Å². The Labute approximate surface area is 181 Å². The van der Waals surface area contributed by atoms with Gasteiger partial charge in [-0.05, 0) is 19.1 Å². The van der Waals surface area contributed by atoms with E-state index < -0.39 is 11.9 Å². The molecule has 1 aromatic carbocycles. The molecule has 0 radical (unpaired) electrons. The molecule has 3 heterocycles. The molecule has 0 amide bonds. The van der Waals surface area contributed by atoms with Gasteiger partial charge in [0.25, 0.3) is 0 Å². The number of nitrogens with zero attached hydrogens (tertiary/aromatic N) is 4. The zero-order chi connectivity index (χ0) is 22.0. The maximum absolute atomic E-state index is 11.3. The third-order valence-corrected chi connectivity index (χ3v) is 5.85. The molecule has 0 spiro atoms. The molecule has 1 saturated heterocycles. The van der Waals surface area contributed by atoms with Crippen LogP contribution in [0.5, 0.6) is 0 Å². The minimum atomic E-state index is -1.03. The maximum Gasteiger partial charge on any atom is 0.347 e. The van der Waals surface area contributed by atoms with Gasteiger partial charge in [0.05, 0.1) is 17.0 Å². The molecule has 0 atom stereocenters. The number of aryl methyl sites for hydroxylation is 1. The van der Waals surface area contributed by atoms with Crippen molar-refractivity contribution in [2.45, 2.75) is 6.92 Å². The molecule has 3 aromatic rings. The standard InChI is InChI=1S/C20H20N6O4S/c1-11-16(18(29)30)31-20(22-11)25-19-23-14(12-2-4-13(5-3-12)17(27)28)10-15(24-19)26-8-6-21-7-9-26/h2-5,10,21H,6-9H2,1H3,(H,27,28)(H,29,30)(H,22,23,24,25). The summed E-state index contributed by atoms with van der Waals surface area (Å²) in [6.45, 7) is 4.88. The van der Waals surface area contributed by atoms with E-state index in [0.29, 0.717) is 22.5 Å². The quantitative estimate of drug-likeness (QED) is 0.452. The van der Waals surface area contributed by atoms with Crippen LogP contribution in [-0.4, -0.2) is 63.3 Å². The van der Waals surface area contributed by atoms with Crippen molar-refractivity contribution in [2.75, 3.05) is 36.4 Å². The van der Waals surface area contributed by atoms with Gasteiger partial charge in [-0.25, -0.2) is 19.6 Å². The topological polar surface area (TPSA) is 141 Å². The molecule has 1 aliphatic rings. The summed E-state index contributed by atoms with van der Waals surface area (Å²) < 4.78 is 0. The Morgan fingerprint density at radius 1 is 1.06 bits per heavy atom. The van der Waals surface area contributed by atoms with Crippen LogP contribution in [0.3, 0.4) is 0 Å². The van der Waals surface area contributed by atoms with Crippen molar-refractivity contribution in [3.63, 3.8) is 0 Å². The number of rotatable bonds is 6. The molecule has 0 aliphatic carbocycles. The van der Waals surface area contributed by atoms with E-state index >= 15 is 0 Å². The molecule has 31 heavy (non-hydrogen) atoms. The largest absolute Gasteiger partial charge is 0.478 e. The van der Waals surface area contributed by atoms with Crippen LogP contribution in [0.25, 0.3) is 11.3 Å². The smallest absolute Gasteiger partial charge is 0.347 e. The van der Waals surface area contributed by atoms with Crippen LogP contribution in [0.2, 0.25) is 0 Å². The average molecular weight is 440 g/mol. The summed E-state index contributed by atoms with van der Waals surface area (Å²) >= 11 is 1.02. The van der Waals surface area contributed by atoms with Crippen LogP contribution in [-0.2, 0) is 0 Å². The number of benzene rings is 1. The van der Waals surface area contributed by atoms with Crippen LogP contribution in [0.1, 0.15) is 25.7 Å². The number of carboxylic acids is 2. The first-order valence-corrected chi connectivity index (χ1v) is 10.4. The highest BCUT2D eigenvalue weighted by Gasteiger charge is 2.18. The van der Waals surface area contributed by atoms with Gasteiger partial charge in [-0.2, -0.15) is 4.98 Å². The molecule has 10 nitrogen and oxygen atoms in total.